The number of nitrogens with zero attached hydrogens (tertiary/aromatic N) is 3. The van der Waals surface area contributed by atoms with Gasteiger partial charge in [0.15, 0.2) is 5.82 Å². The van der Waals surface area contributed by atoms with Gasteiger partial charge in [-0.1, -0.05) is 19.1 Å². The highest BCUT2D eigenvalue weighted by atomic mass is 15.2. The Hall–Kier alpha value is -1.94. The Bertz CT molecular complexity index is 536. The zero-order valence-corrected chi connectivity index (χ0v) is 12.4. The summed E-state index contributed by atoms with van der Waals surface area (Å²) in [5.41, 5.74) is 3.33. The molecule has 0 aliphatic heterocycles. The Labute approximate surface area is 120 Å². The highest BCUT2D eigenvalue weighted by molar-refractivity contribution is 5.59. The predicted molar refractivity (Wildman–Crippen MR) is 83.3 cm³/mol. The second kappa shape index (κ2) is 7.01. The number of hydrogen-bond donors (Lipinski definition) is 1. The Kier molecular flexibility index (Phi) is 5.07. The molecule has 0 bridgehead atoms. The Morgan fingerprint density at radius 3 is 2.65 bits per heavy atom. The summed E-state index contributed by atoms with van der Waals surface area (Å²) in [5, 5.41) is 11.9. The second-order valence-electron chi connectivity index (χ2n) is 4.96. The SMILES string of the molecule is CCCNCc1ccc(N(C)c2cccc(C)c2)nn1. The standard InChI is InChI=1S/C16H22N4/c1-4-10-17-12-14-8-9-16(19-18-14)20(3)15-7-5-6-13(2)11-15/h5-9,11,17H,4,10,12H2,1-3H3. The quantitative estimate of drug-likeness (QED) is 0.819. The van der Waals surface area contributed by atoms with Crippen LogP contribution in [0.4, 0.5) is 11.5 Å². The van der Waals surface area contributed by atoms with Crippen LogP contribution in [0.3, 0.4) is 0 Å². The number of aryl methyl sites for hydroxylation is 1. The summed E-state index contributed by atoms with van der Waals surface area (Å²) in [5.74, 6) is 0.856. The van der Waals surface area contributed by atoms with E-state index in [1.165, 1.54) is 5.56 Å². The van der Waals surface area contributed by atoms with Crippen LogP contribution in [0.1, 0.15) is 24.6 Å². The van der Waals surface area contributed by atoms with Crippen molar-refractivity contribution in [1.82, 2.24) is 15.5 Å². The summed E-state index contributed by atoms with van der Waals surface area (Å²) in [6, 6.07) is 12.4. The maximum absolute atomic E-state index is 4.30. The van der Waals surface area contributed by atoms with Crippen molar-refractivity contribution >= 4 is 11.5 Å². The zero-order valence-electron chi connectivity index (χ0n) is 12.4. The summed E-state index contributed by atoms with van der Waals surface area (Å²) in [4.78, 5) is 2.04. The van der Waals surface area contributed by atoms with E-state index in [0.29, 0.717) is 0 Å². The number of hydrogen-bond acceptors (Lipinski definition) is 4. The lowest BCUT2D eigenvalue weighted by molar-refractivity contribution is 0.656. The van der Waals surface area contributed by atoms with Crippen LogP contribution in [-0.4, -0.2) is 23.8 Å². The lowest BCUT2D eigenvalue weighted by Gasteiger charge is -2.18. The molecule has 4 heteroatoms. The molecule has 106 valence electrons. The fraction of sp³-hybridized carbons (Fsp3) is 0.375. The smallest absolute Gasteiger partial charge is 0.155 e. The third-order valence-electron chi connectivity index (χ3n) is 3.17. The molecule has 0 unspecified atom stereocenters. The minimum Gasteiger partial charge on any atom is -0.328 e. The Balaban J connectivity index is 2.05. The van der Waals surface area contributed by atoms with Gasteiger partial charge in [0.25, 0.3) is 0 Å². The Morgan fingerprint density at radius 2 is 2.00 bits per heavy atom. The number of anilines is 2. The lowest BCUT2D eigenvalue weighted by atomic mass is 10.2. The third-order valence-corrected chi connectivity index (χ3v) is 3.17. The first-order valence-electron chi connectivity index (χ1n) is 7.04. The van der Waals surface area contributed by atoms with Crippen molar-refractivity contribution in [3.63, 3.8) is 0 Å². The normalized spacial score (nSPS) is 10.6. The molecule has 0 fully saturated rings. The molecule has 1 N–H and O–H groups in total. The third kappa shape index (κ3) is 3.78. The van der Waals surface area contributed by atoms with Gasteiger partial charge in [-0.15, -0.1) is 5.10 Å². The van der Waals surface area contributed by atoms with E-state index in [9.17, 15) is 0 Å². The predicted octanol–water partition coefficient (Wildman–Crippen LogP) is 3.05. The number of nitrogens with one attached hydrogen (secondary N) is 1. The van der Waals surface area contributed by atoms with Crippen LogP contribution in [0.15, 0.2) is 36.4 Å². The highest BCUT2D eigenvalue weighted by Crippen LogP contribution is 2.21. The monoisotopic (exact) mass is 270 g/mol. The van der Waals surface area contributed by atoms with Gasteiger partial charge in [-0.2, -0.15) is 5.10 Å². The molecule has 0 aliphatic rings. The van der Waals surface area contributed by atoms with Crippen molar-refractivity contribution in [2.45, 2.75) is 26.8 Å². The minimum absolute atomic E-state index is 0.773. The molecule has 4 nitrogen and oxygen atoms in total. The van der Waals surface area contributed by atoms with Gasteiger partial charge < -0.3 is 10.2 Å². The average Bonchev–Trinajstić information content (AvgIpc) is 2.47. The Morgan fingerprint density at radius 1 is 1.15 bits per heavy atom. The van der Waals surface area contributed by atoms with Gasteiger partial charge in [-0.25, -0.2) is 0 Å². The largest absolute Gasteiger partial charge is 0.328 e. The van der Waals surface area contributed by atoms with Crippen molar-refractivity contribution in [2.75, 3.05) is 18.5 Å². The van der Waals surface area contributed by atoms with Crippen LogP contribution in [0, 0.1) is 6.92 Å². The van der Waals surface area contributed by atoms with Crippen molar-refractivity contribution in [1.29, 1.82) is 0 Å². The molecular weight excluding hydrogens is 248 g/mol. The van der Waals surface area contributed by atoms with Crippen LogP contribution >= 0.6 is 0 Å². The average molecular weight is 270 g/mol. The maximum Gasteiger partial charge on any atom is 0.155 e. The fourth-order valence-electron chi connectivity index (χ4n) is 1.99. The van der Waals surface area contributed by atoms with Gasteiger partial charge in [0.2, 0.25) is 0 Å². The first-order valence-corrected chi connectivity index (χ1v) is 7.04. The van der Waals surface area contributed by atoms with Crippen LogP contribution < -0.4 is 10.2 Å². The highest BCUT2D eigenvalue weighted by Gasteiger charge is 2.06. The van der Waals surface area contributed by atoms with Gasteiger partial charge in [-0.3, -0.25) is 0 Å². The number of rotatable bonds is 6. The van der Waals surface area contributed by atoms with E-state index < -0.39 is 0 Å². The second-order valence-corrected chi connectivity index (χ2v) is 4.96. The molecule has 0 amide bonds. The maximum atomic E-state index is 4.30. The molecule has 2 rings (SSSR count). The van der Waals surface area contributed by atoms with Crippen molar-refractivity contribution in [3.05, 3.63) is 47.7 Å². The van der Waals surface area contributed by atoms with E-state index in [0.717, 1.165) is 36.7 Å². The molecular formula is C16H22N4. The summed E-state index contributed by atoms with van der Waals surface area (Å²) < 4.78 is 0. The van der Waals surface area contributed by atoms with Gasteiger partial charge in [0, 0.05) is 19.3 Å². The molecule has 0 atom stereocenters. The molecule has 0 spiro atoms. The van der Waals surface area contributed by atoms with Crippen molar-refractivity contribution in [3.8, 4) is 0 Å². The molecule has 1 aromatic heterocycles. The molecule has 20 heavy (non-hydrogen) atoms. The van der Waals surface area contributed by atoms with Crippen LogP contribution in [0.25, 0.3) is 0 Å². The van der Waals surface area contributed by atoms with Crippen LogP contribution in [-0.2, 0) is 6.54 Å². The molecule has 2 aromatic rings. The van der Waals surface area contributed by atoms with Crippen LogP contribution in [0.2, 0.25) is 0 Å². The molecule has 0 aliphatic carbocycles. The summed E-state index contributed by atoms with van der Waals surface area (Å²) in [7, 11) is 2.01. The van der Waals surface area contributed by atoms with Gasteiger partial charge in [0.05, 0.1) is 5.69 Å². The molecule has 0 radical (unpaired) electrons. The molecule has 1 aromatic carbocycles. The van der Waals surface area contributed by atoms with E-state index in [4.69, 9.17) is 0 Å². The van der Waals surface area contributed by atoms with E-state index in [2.05, 4.69) is 53.6 Å². The van der Waals surface area contributed by atoms with Crippen LogP contribution in [0.5, 0.6) is 0 Å². The van der Waals surface area contributed by atoms with E-state index >= 15 is 0 Å². The minimum atomic E-state index is 0.773. The van der Waals surface area contributed by atoms with E-state index in [1.54, 1.807) is 0 Å². The molecule has 0 saturated heterocycles. The molecule has 1 heterocycles. The summed E-state index contributed by atoms with van der Waals surface area (Å²) in [6.07, 6.45) is 1.13. The van der Waals surface area contributed by atoms with Gasteiger partial charge >= 0.3 is 0 Å². The first kappa shape index (κ1) is 14.5. The van der Waals surface area contributed by atoms with Gasteiger partial charge in [0.1, 0.15) is 0 Å². The van der Waals surface area contributed by atoms with Crippen molar-refractivity contribution < 1.29 is 0 Å². The lowest BCUT2D eigenvalue weighted by Crippen LogP contribution is -2.16. The van der Waals surface area contributed by atoms with E-state index in [1.807, 2.05) is 24.1 Å². The van der Waals surface area contributed by atoms with Gasteiger partial charge in [-0.05, 0) is 49.7 Å². The van der Waals surface area contributed by atoms with Crippen molar-refractivity contribution in [2.24, 2.45) is 0 Å². The number of aromatic nitrogens is 2. The summed E-state index contributed by atoms with van der Waals surface area (Å²) >= 11 is 0. The zero-order chi connectivity index (χ0) is 14.4. The van der Waals surface area contributed by atoms with E-state index in [-0.39, 0.29) is 0 Å². The first-order chi connectivity index (χ1) is 9.70. The number of benzene rings is 1. The molecule has 0 saturated carbocycles. The summed E-state index contributed by atoms with van der Waals surface area (Å²) in [6.45, 7) is 6.02. The fourth-order valence-corrected chi connectivity index (χ4v) is 1.99. The topological polar surface area (TPSA) is 41.0 Å².